The van der Waals surface area contributed by atoms with Gasteiger partial charge < -0.3 is 10.2 Å². The van der Waals surface area contributed by atoms with E-state index in [-0.39, 0.29) is 13.2 Å². The third-order valence-corrected chi connectivity index (χ3v) is 2.87. The van der Waals surface area contributed by atoms with Gasteiger partial charge in [0.2, 0.25) is 0 Å². The molecule has 0 aliphatic carbocycles. The van der Waals surface area contributed by atoms with Gasteiger partial charge in [0.1, 0.15) is 0 Å². The van der Waals surface area contributed by atoms with Crippen molar-refractivity contribution in [1.29, 1.82) is 0 Å². The standard InChI is InChI=1S/C14H18N2O2/c17-9-7-16(8-10-18)11-13-6-5-12-3-1-2-4-14(12)15-13/h1-6,17-18H,7-11H2. The van der Waals surface area contributed by atoms with Gasteiger partial charge in [-0.3, -0.25) is 9.88 Å². The second-order valence-electron chi connectivity index (χ2n) is 4.22. The monoisotopic (exact) mass is 246 g/mol. The summed E-state index contributed by atoms with van der Waals surface area (Å²) in [6.07, 6.45) is 0. The molecule has 1 aromatic carbocycles. The molecule has 2 rings (SSSR count). The summed E-state index contributed by atoms with van der Waals surface area (Å²) in [7, 11) is 0. The van der Waals surface area contributed by atoms with Crippen molar-refractivity contribution in [3.63, 3.8) is 0 Å². The van der Waals surface area contributed by atoms with Crippen LogP contribution in [0, 0.1) is 0 Å². The lowest BCUT2D eigenvalue weighted by Gasteiger charge is -2.19. The summed E-state index contributed by atoms with van der Waals surface area (Å²) < 4.78 is 0. The lowest BCUT2D eigenvalue weighted by atomic mass is 10.2. The first-order valence-electron chi connectivity index (χ1n) is 6.12. The van der Waals surface area contributed by atoms with Crippen molar-refractivity contribution in [2.75, 3.05) is 26.3 Å². The Balaban J connectivity index is 2.14. The van der Waals surface area contributed by atoms with Crippen molar-refractivity contribution < 1.29 is 10.2 Å². The van der Waals surface area contributed by atoms with Gasteiger partial charge in [-0.2, -0.15) is 0 Å². The maximum Gasteiger partial charge on any atom is 0.0705 e. The van der Waals surface area contributed by atoms with E-state index >= 15 is 0 Å². The van der Waals surface area contributed by atoms with Crippen molar-refractivity contribution in [3.05, 3.63) is 42.1 Å². The van der Waals surface area contributed by atoms with Gasteiger partial charge in [0.25, 0.3) is 0 Å². The molecule has 0 bridgehead atoms. The van der Waals surface area contributed by atoms with Crippen LogP contribution < -0.4 is 0 Å². The number of hydrogen-bond donors (Lipinski definition) is 2. The largest absolute Gasteiger partial charge is 0.395 e. The number of aromatic nitrogens is 1. The summed E-state index contributed by atoms with van der Waals surface area (Å²) in [6, 6.07) is 12.0. The highest BCUT2D eigenvalue weighted by atomic mass is 16.3. The van der Waals surface area contributed by atoms with E-state index in [1.807, 2.05) is 41.3 Å². The molecule has 4 heteroatoms. The van der Waals surface area contributed by atoms with E-state index in [2.05, 4.69) is 4.98 Å². The Labute approximate surface area is 107 Å². The van der Waals surface area contributed by atoms with Crippen molar-refractivity contribution in [3.8, 4) is 0 Å². The molecular weight excluding hydrogens is 228 g/mol. The molecule has 0 radical (unpaired) electrons. The summed E-state index contributed by atoms with van der Waals surface area (Å²) in [5.74, 6) is 0. The quantitative estimate of drug-likeness (QED) is 0.799. The van der Waals surface area contributed by atoms with Gasteiger partial charge >= 0.3 is 0 Å². The van der Waals surface area contributed by atoms with Crippen molar-refractivity contribution in [1.82, 2.24) is 9.88 Å². The Hall–Kier alpha value is -1.49. The number of aliphatic hydroxyl groups excluding tert-OH is 2. The summed E-state index contributed by atoms with van der Waals surface area (Å²) in [4.78, 5) is 6.56. The van der Waals surface area contributed by atoms with Crippen LogP contribution in [-0.4, -0.2) is 46.4 Å². The highest BCUT2D eigenvalue weighted by Gasteiger charge is 2.06. The minimum absolute atomic E-state index is 0.0909. The van der Waals surface area contributed by atoms with Gasteiger partial charge in [-0.1, -0.05) is 24.3 Å². The number of benzene rings is 1. The van der Waals surface area contributed by atoms with Crippen LogP contribution in [0.15, 0.2) is 36.4 Å². The highest BCUT2D eigenvalue weighted by molar-refractivity contribution is 5.78. The van der Waals surface area contributed by atoms with Gasteiger partial charge in [-0.05, 0) is 12.1 Å². The smallest absolute Gasteiger partial charge is 0.0705 e. The number of pyridine rings is 1. The van der Waals surface area contributed by atoms with Crippen molar-refractivity contribution in [2.24, 2.45) is 0 Å². The average molecular weight is 246 g/mol. The second-order valence-corrected chi connectivity index (χ2v) is 4.22. The number of rotatable bonds is 6. The minimum atomic E-state index is 0.0909. The molecule has 96 valence electrons. The van der Waals surface area contributed by atoms with Crippen LogP contribution in [0.5, 0.6) is 0 Å². The Morgan fingerprint density at radius 3 is 2.39 bits per heavy atom. The minimum Gasteiger partial charge on any atom is -0.395 e. The molecule has 18 heavy (non-hydrogen) atoms. The normalized spacial score (nSPS) is 11.3. The van der Waals surface area contributed by atoms with E-state index < -0.39 is 0 Å². The molecule has 2 aromatic rings. The molecule has 0 unspecified atom stereocenters. The van der Waals surface area contributed by atoms with Crippen molar-refractivity contribution in [2.45, 2.75) is 6.54 Å². The third-order valence-electron chi connectivity index (χ3n) is 2.87. The molecule has 2 N–H and O–H groups in total. The summed E-state index contributed by atoms with van der Waals surface area (Å²) >= 11 is 0. The summed E-state index contributed by atoms with van der Waals surface area (Å²) in [5.41, 5.74) is 1.93. The topological polar surface area (TPSA) is 56.6 Å². The lowest BCUT2D eigenvalue weighted by Crippen LogP contribution is -2.29. The number of hydrogen-bond acceptors (Lipinski definition) is 4. The predicted octanol–water partition coefficient (Wildman–Crippen LogP) is 1.02. The van der Waals surface area contributed by atoms with E-state index in [1.165, 1.54) is 0 Å². The Morgan fingerprint density at radius 1 is 0.944 bits per heavy atom. The lowest BCUT2D eigenvalue weighted by molar-refractivity contribution is 0.155. The zero-order valence-electron chi connectivity index (χ0n) is 10.3. The summed E-state index contributed by atoms with van der Waals surface area (Å²) in [6.45, 7) is 1.93. The fourth-order valence-corrected chi connectivity index (χ4v) is 1.98. The highest BCUT2D eigenvalue weighted by Crippen LogP contribution is 2.12. The first kappa shape index (κ1) is 13.0. The molecule has 0 atom stereocenters. The van der Waals surface area contributed by atoms with Crippen LogP contribution >= 0.6 is 0 Å². The first-order valence-corrected chi connectivity index (χ1v) is 6.12. The zero-order chi connectivity index (χ0) is 12.8. The molecule has 1 heterocycles. The fourth-order valence-electron chi connectivity index (χ4n) is 1.98. The number of para-hydroxylation sites is 1. The SMILES string of the molecule is OCCN(CCO)Cc1ccc2ccccc2n1. The van der Waals surface area contributed by atoms with Gasteiger partial charge in [0.15, 0.2) is 0 Å². The molecule has 1 aromatic heterocycles. The molecule has 0 spiro atoms. The van der Waals surface area contributed by atoms with Crippen LogP contribution in [0.3, 0.4) is 0 Å². The van der Waals surface area contributed by atoms with E-state index in [9.17, 15) is 0 Å². The van der Waals surface area contributed by atoms with Gasteiger partial charge in [-0.15, -0.1) is 0 Å². The Kier molecular flexibility index (Phi) is 4.64. The van der Waals surface area contributed by atoms with Crippen LogP contribution in [0.1, 0.15) is 5.69 Å². The molecule has 0 aliphatic rings. The van der Waals surface area contributed by atoms with E-state index in [0.29, 0.717) is 19.6 Å². The van der Waals surface area contributed by atoms with E-state index in [0.717, 1.165) is 16.6 Å². The van der Waals surface area contributed by atoms with Crippen LogP contribution in [0.25, 0.3) is 10.9 Å². The van der Waals surface area contributed by atoms with Gasteiger partial charge in [-0.25, -0.2) is 0 Å². The van der Waals surface area contributed by atoms with Gasteiger partial charge in [0, 0.05) is 25.0 Å². The van der Waals surface area contributed by atoms with Crippen molar-refractivity contribution >= 4 is 10.9 Å². The van der Waals surface area contributed by atoms with Crippen LogP contribution in [0.2, 0.25) is 0 Å². The average Bonchev–Trinajstić information content (AvgIpc) is 2.39. The summed E-state index contributed by atoms with van der Waals surface area (Å²) in [5, 5.41) is 19.1. The van der Waals surface area contributed by atoms with Crippen LogP contribution in [0.4, 0.5) is 0 Å². The molecule has 0 saturated heterocycles. The maximum atomic E-state index is 8.97. The molecule has 0 saturated carbocycles. The second kappa shape index (κ2) is 6.44. The van der Waals surface area contributed by atoms with Gasteiger partial charge in [0.05, 0.1) is 24.4 Å². The fraction of sp³-hybridized carbons (Fsp3) is 0.357. The van der Waals surface area contributed by atoms with E-state index in [1.54, 1.807) is 0 Å². The van der Waals surface area contributed by atoms with E-state index in [4.69, 9.17) is 10.2 Å². The maximum absolute atomic E-state index is 8.97. The first-order chi connectivity index (χ1) is 8.83. The van der Waals surface area contributed by atoms with Crippen LogP contribution in [-0.2, 0) is 6.54 Å². The third kappa shape index (κ3) is 3.26. The molecule has 0 amide bonds. The Morgan fingerprint density at radius 2 is 1.67 bits per heavy atom. The zero-order valence-corrected chi connectivity index (χ0v) is 10.3. The number of nitrogens with zero attached hydrogens (tertiary/aromatic N) is 2. The number of fused-ring (bicyclic) bond motifs is 1. The molecule has 4 nitrogen and oxygen atoms in total. The molecular formula is C14H18N2O2. The number of aliphatic hydroxyl groups is 2. The predicted molar refractivity (Wildman–Crippen MR) is 71.2 cm³/mol. The Bertz CT molecular complexity index is 496. The molecule has 0 aliphatic heterocycles. The molecule has 0 fully saturated rings.